The van der Waals surface area contributed by atoms with Crippen LogP contribution in [0.5, 0.6) is 0 Å². The molecule has 0 saturated heterocycles. The normalized spacial score (nSPS) is 22.9. The predicted molar refractivity (Wildman–Crippen MR) is 94.6 cm³/mol. The first-order chi connectivity index (χ1) is 10.4. The number of carbonyl (C=O) groups excluding carboxylic acids is 1. The first-order valence-corrected chi connectivity index (χ1v) is 12.5. The van der Waals surface area contributed by atoms with E-state index in [0.717, 1.165) is 36.8 Å². The molecule has 0 spiro atoms. The monoisotopic (exact) mass is 326 g/mol. The van der Waals surface area contributed by atoms with Crippen molar-refractivity contribution >= 4 is 14.0 Å². The third-order valence-electron chi connectivity index (χ3n) is 4.47. The Bertz CT molecular complexity index is 371. The standard InChI is InChI=1S/C18H34O3Si/c1-5-21-18(20)17(14-22(2,3)4)12-11-16-9-6-8-15(16)10-7-13-19/h12,15-16,19H,5-11,13-14H2,1-4H3/b17-12-/t15-,16-/m0/s1. The lowest BCUT2D eigenvalue weighted by molar-refractivity contribution is -0.138. The van der Waals surface area contributed by atoms with Crippen LogP contribution in [0.4, 0.5) is 0 Å². The van der Waals surface area contributed by atoms with Crippen molar-refractivity contribution < 1.29 is 14.6 Å². The summed E-state index contributed by atoms with van der Waals surface area (Å²) in [5.41, 5.74) is 0.897. The Hall–Kier alpha value is -0.613. The largest absolute Gasteiger partial charge is 0.463 e. The molecule has 0 aliphatic heterocycles. The van der Waals surface area contributed by atoms with E-state index in [1.807, 2.05) is 6.92 Å². The third-order valence-corrected chi connectivity index (χ3v) is 5.92. The van der Waals surface area contributed by atoms with Gasteiger partial charge in [0.2, 0.25) is 0 Å². The Morgan fingerprint density at radius 3 is 2.55 bits per heavy atom. The van der Waals surface area contributed by atoms with Gasteiger partial charge in [0.25, 0.3) is 0 Å². The molecule has 0 radical (unpaired) electrons. The van der Waals surface area contributed by atoms with E-state index in [2.05, 4.69) is 25.7 Å². The average molecular weight is 327 g/mol. The van der Waals surface area contributed by atoms with Crippen LogP contribution in [0.15, 0.2) is 11.6 Å². The van der Waals surface area contributed by atoms with Crippen molar-refractivity contribution in [1.29, 1.82) is 0 Å². The maximum Gasteiger partial charge on any atom is 0.333 e. The molecule has 0 unspecified atom stereocenters. The summed E-state index contributed by atoms with van der Waals surface area (Å²) in [5.74, 6) is 1.28. The molecule has 1 rings (SSSR count). The van der Waals surface area contributed by atoms with E-state index in [0.29, 0.717) is 19.1 Å². The predicted octanol–water partition coefficient (Wildman–Crippen LogP) is 4.39. The van der Waals surface area contributed by atoms with Crippen molar-refractivity contribution in [2.45, 2.75) is 71.1 Å². The summed E-state index contributed by atoms with van der Waals surface area (Å²) >= 11 is 0. The summed E-state index contributed by atoms with van der Waals surface area (Å²) in [4.78, 5) is 12.2. The van der Waals surface area contributed by atoms with Crippen LogP contribution in [0.2, 0.25) is 25.7 Å². The molecule has 1 aliphatic rings. The van der Waals surface area contributed by atoms with Gasteiger partial charge in [-0.1, -0.05) is 38.6 Å². The summed E-state index contributed by atoms with van der Waals surface area (Å²) in [7, 11) is -1.33. The Morgan fingerprint density at radius 1 is 1.27 bits per heavy atom. The number of hydrogen-bond donors (Lipinski definition) is 1. The Kier molecular flexibility index (Phi) is 8.40. The highest BCUT2D eigenvalue weighted by Crippen LogP contribution is 2.37. The fourth-order valence-corrected chi connectivity index (χ4v) is 4.91. The van der Waals surface area contributed by atoms with Gasteiger partial charge in [0.1, 0.15) is 0 Å². The quantitative estimate of drug-likeness (QED) is 0.388. The minimum atomic E-state index is -1.33. The van der Waals surface area contributed by atoms with Crippen LogP contribution in [-0.4, -0.2) is 32.4 Å². The number of aliphatic hydroxyl groups is 1. The summed E-state index contributed by atoms with van der Waals surface area (Å²) in [6.07, 6.45) is 9.02. The van der Waals surface area contributed by atoms with Gasteiger partial charge < -0.3 is 9.84 Å². The molecule has 3 nitrogen and oxygen atoms in total. The molecule has 0 aromatic carbocycles. The lowest BCUT2D eigenvalue weighted by Gasteiger charge is -2.20. The zero-order valence-electron chi connectivity index (χ0n) is 14.9. The number of aliphatic hydroxyl groups excluding tert-OH is 1. The van der Waals surface area contributed by atoms with Gasteiger partial charge in [-0.2, -0.15) is 0 Å². The molecule has 1 fully saturated rings. The Labute approximate surface area is 137 Å². The lowest BCUT2D eigenvalue weighted by atomic mass is 9.88. The van der Waals surface area contributed by atoms with Crippen molar-refractivity contribution in [3.8, 4) is 0 Å². The molecule has 0 amide bonds. The molecular weight excluding hydrogens is 292 g/mol. The van der Waals surface area contributed by atoms with E-state index in [9.17, 15) is 4.79 Å². The number of ether oxygens (including phenoxy) is 1. The van der Waals surface area contributed by atoms with Crippen molar-refractivity contribution in [1.82, 2.24) is 0 Å². The molecule has 2 atom stereocenters. The smallest absolute Gasteiger partial charge is 0.333 e. The molecule has 1 saturated carbocycles. The number of esters is 1. The van der Waals surface area contributed by atoms with Gasteiger partial charge in [-0.15, -0.1) is 0 Å². The average Bonchev–Trinajstić information content (AvgIpc) is 2.87. The highest BCUT2D eigenvalue weighted by atomic mass is 28.3. The van der Waals surface area contributed by atoms with Gasteiger partial charge in [0, 0.05) is 20.3 Å². The second kappa shape index (κ2) is 9.51. The van der Waals surface area contributed by atoms with Gasteiger partial charge in [-0.25, -0.2) is 4.79 Å². The van der Waals surface area contributed by atoms with Crippen molar-refractivity contribution in [2.75, 3.05) is 13.2 Å². The van der Waals surface area contributed by atoms with Crippen molar-refractivity contribution in [3.63, 3.8) is 0 Å². The number of carbonyl (C=O) groups is 1. The zero-order chi connectivity index (χ0) is 16.6. The van der Waals surface area contributed by atoms with E-state index in [1.54, 1.807) is 0 Å². The van der Waals surface area contributed by atoms with Crippen LogP contribution in [0.25, 0.3) is 0 Å². The molecule has 0 heterocycles. The minimum absolute atomic E-state index is 0.116. The summed E-state index contributed by atoms with van der Waals surface area (Å²) in [6, 6.07) is 0.903. The molecule has 22 heavy (non-hydrogen) atoms. The fourth-order valence-electron chi connectivity index (χ4n) is 3.47. The molecule has 0 aromatic heterocycles. The SMILES string of the molecule is CCOC(=O)/C(=C\C[C@@H]1CCC[C@H]1CCCO)C[Si](C)(C)C. The fraction of sp³-hybridized carbons (Fsp3) is 0.833. The van der Waals surface area contributed by atoms with Crippen LogP contribution in [0, 0.1) is 11.8 Å². The summed E-state index contributed by atoms with van der Waals surface area (Å²) in [6.45, 7) is 9.48. The second-order valence-electron chi connectivity index (χ2n) is 7.74. The second-order valence-corrected chi connectivity index (χ2v) is 13.2. The zero-order valence-corrected chi connectivity index (χ0v) is 15.9. The maximum atomic E-state index is 12.2. The van der Waals surface area contributed by atoms with E-state index in [-0.39, 0.29) is 5.97 Å². The molecule has 0 aromatic rings. The van der Waals surface area contributed by atoms with Crippen LogP contribution in [0.1, 0.15) is 45.4 Å². The van der Waals surface area contributed by atoms with Crippen molar-refractivity contribution in [3.05, 3.63) is 11.6 Å². The van der Waals surface area contributed by atoms with Crippen molar-refractivity contribution in [2.24, 2.45) is 11.8 Å². The van der Waals surface area contributed by atoms with E-state index >= 15 is 0 Å². The first kappa shape index (κ1) is 19.4. The van der Waals surface area contributed by atoms with E-state index in [4.69, 9.17) is 9.84 Å². The van der Waals surface area contributed by atoms with Gasteiger partial charge in [-0.05, 0) is 50.5 Å². The third kappa shape index (κ3) is 7.10. The maximum absolute atomic E-state index is 12.2. The number of allylic oxidation sites excluding steroid dienone is 1. The Morgan fingerprint density at radius 2 is 1.95 bits per heavy atom. The van der Waals surface area contributed by atoms with Crippen LogP contribution >= 0.6 is 0 Å². The van der Waals surface area contributed by atoms with Crippen LogP contribution < -0.4 is 0 Å². The molecule has 1 aliphatic carbocycles. The van der Waals surface area contributed by atoms with E-state index in [1.165, 1.54) is 19.3 Å². The highest BCUT2D eigenvalue weighted by Gasteiger charge is 2.27. The van der Waals surface area contributed by atoms with Gasteiger partial charge in [0.15, 0.2) is 0 Å². The highest BCUT2D eigenvalue weighted by molar-refractivity contribution is 6.77. The van der Waals surface area contributed by atoms with Crippen LogP contribution in [-0.2, 0) is 9.53 Å². The molecule has 1 N–H and O–H groups in total. The molecule has 4 heteroatoms. The number of hydrogen-bond acceptors (Lipinski definition) is 3. The number of rotatable bonds is 9. The van der Waals surface area contributed by atoms with Gasteiger partial charge >= 0.3 is 5.97 Å². The van der Waals surface area contributed by atoms with E-state index < -0.39 is 8.07 Å². The lowest BCUT2D eigenvalue weighted by Crippen LogP contribution is -2.23. The van der Waals surface area contributed by atoms with Crippen LogP contribution in [0.3, 0.4) is 0 Å². The molecular formula is C18H34O3Si. The summed E-state index contributed by atoms with van der Waals surface area (Å²) < 4.78 is 5.24. The minimum Gasteiger partial charge on any atom is -0.463 e. The topological polar surface area (TPSA) is 46.5 Å². The summed E-state index contributed by atoms with van der Waals surface area (Å²) in [5, 5.41) is 9.02. The first-order valence-electron chi connectivity index (χ1n) is 8.84. The molecule has 0 bridgehead atoms. The van der Waals surface area contributed by atoms with Gasteiger partial charge in [-0.3, -0.25) is 0 Å². The Balaban J connectivity index is 2.68. The van der Waals surface area contributed by atoms with Gasteiger partial charge in [0.05, 0.1) is 6.61 Å². The molecule has 128 valence electrons.